The van der Waals surface area contributed by atoms with E-state index in [0.29, 0.717) is 5.56 Å². The zero-order valence-electron chi connectivity index (χ0n) is 11.4. The topological polar surface area (TPSA) is 29.5 Å². The van der Waals surface area contributed by atoms with Crippen molar-refractivity contribution in [1.82, 2.24) is 0 Å². The maximum absolute atomic E-state index is 14.4. The molecule has 0 atom stereocenters. The minimum Gasteiger partial charge on any atom is -0.508 e. The maximum Gasteiger partial charge on any atom is 0.138 e. The van der Waals surface area contributed by atoms with Gasteiger partial charge in [-0.2, -0.15) is 0 Å². The molecule has 0 bridgehead atoms. The van der Waals surface area contributed by atoms with Gasteiger partial charge in [0.2, 0.25) is 0 Å². The van der Waals surface area contributed by atoms with E-state index in [0.717, 1.165) is 11.6 Å². The summed E-state index contributed by atoms with van der Waals surface area (Å²) >= 11 is 0. The van der Waals surface area contributed by atoms with Gasteiger partial charge in [0.15, 0.2) is 0 Å². The highest BCUT2D eigenvalue weighted by Crippen LogP contribution is 2.48. The Labute approximate surface area is 115 Å². The van der Waals surface area contributed by atoms with Gasteiger partial charge in [-0.3, -0.25) is 0 Å². The second-order valence-corrected chi connectivity index (χ2v) is 5.58. The number of phenolic OH excluding ortho intramolecular Hbond substituents is 1. The number of hydrogen-bond donors (Lipinski definition) is 1. The lowest BCUT2D eigenvalue weighted by Gasteiger charge is -2.35. The monoisotopic (exact) mass is 276 g/mol. The fourth-order valence-corrected chi connectivity index (χ4v) is 2.69. The molecule has 0 spiro atoms. The molecule has 0 saturated carbocycles. The molecule has 1 aliphatic rings. The van der Waals surface area contributed by atoms with E-state index in [2.05, 4.69) is 0 Å². The van der Waals surface area contributed by atoms with E-state index >= 15 is 0 Å². The van der Waals surface area contributed by atoms with Crippen molar-refractivity contribution in [3.63, 3.8) is 0 Å². The Hall–Kier alpha value is -2.10. The Morgan fingerprint density at radius 3 is 2.35 bits per heavy atom. The summed E-state index contributed by atoms with van der Waals surface area (Å²) in [7, 11) is 0. The first-order chi connectivity index (χ1) is 9.29. The highest BCUT2D eigenvalue weighted by molar-refractivity contribution is 5.78. The molecule has 0 saturated heterocycles. The molecule has 104 valence electrons. The Morgan fingerprint density at radius 2 is 1.65 bits per heavy atom. The lowest BCUT2D eigenvalue weighted by atomic mass is 9.84. The Balaban J connectivity index is 2.43. The van der Waals surface area contributed by atoms with Crippen LogP contribution in [-0.4, -0.2) is 5.11 Å². The average molecular weight is 276 g/mol. The van der Waals surface area contributed by atoms with Crippen molar-refractivity contribution in [3.05, 3.63) is 47.0 Å². The largest absolute Gasteiger partial charge is 0.508 e. The molecule has 2 aromatic rings. The number of benzene rings is 2. The molecule has 0 unspecified atom stereocenters. The van der Waals surface area contributed by atoms with E-state index in [9.17, 15) is 13.9 Å². The molecule has 2 aromatic carbocycles. The molecule has 0 aliphatic carbocycles. The summed E-state index contributed by atoms with van der Waals surface area (Å²) < 4.78 is 34.2. The molecule has 0 aromatic heterocycles. The van der Waals surface area contributed by atoms with Crippen LogP contribution in [0.4, 0.5) is 8.78 Å². The van der Waals surface area contributed by atoms with Crippen molar-refractivity contribution in [2.75, 3.05) is 0 Å². The molecule has 1 heterocycles. The van der Waals surface area contributed by atoms with Crippen LogP contribution in [0.5, 0.6) is 11.5 Å². The van der Waals surface area contributed by atoms with Gasteiger partial charge in [-0.05, 0) is 32.4 Å². The van der Waals surface area contributed by atoms with Gasteiger partial charge >= 0.3 is 0 Å². The van der Waals surface area contributed by atoms with Gasteiger partial charge in [0, 0.05) is 23.3 Å². The molecular weight excluding hydrogens is 262 g/mol. The molecule has 0 amide bonds. The number of fused-ring (bicyclic) bond motifs is 3. The molecule has 1 N–H and O–H groups in total. The van der Waals surface area contributed by atoms with Gasteiger partial charge in [-0.1, -0.05) is 6.07 Å². The number of aromatic hydroxyl groups is 1. The fourth-order valence-electron chi connectivity index (χ4n) is 2.69. The Morgan fingerprint density at radius 1 is 1.00 bits per heavy atom. The molecule has 0 radical (unpaired) electrons. The van der Waals surface area contributed by atoms with Crippen molar-refractivity contribution < 1.29 is 18.6 Å². The Bertz CT molecular complexity index is 721. The second kappa shape index (κ2) is 3.95. The second-order valence-electron chi connectivity index (χ2n) is 5.58. The number of aryl methyl sites for hydroxylation is 1. The molecule has 1 aliphatic heterocycles. The third-order valence-corrected chi connectivity index (χ3v) is 3.54. The summed E-state index contributed by atoms with van der Waals surface area (Å²) in [6.07, 6.45) is 0. The third-order valence-electron chi connectivity index (χ3n) is 3.54. The van der Waals surface area contributed by atoms with Crippen LogP contribution in [0.1, 0.15) is 25.0 Å². The number of phenols is 1. The molecule has 2 nitrogen and oxygen atoms in total. The predicted octanol–water partition coefficient (Wildman–Crippen LogP) is 4.27. The first-order valence-corrected chi connectivity index (χ1v) is 6.32. The van der Waals surface area contributed by atoms with E-state index in [4.69, 9.17) is 4.74 Å². The summed E-state index contributed by atoms with van der Waals surface area (Å²) in [5.41, 5.74) is 0.830. The normalized spacial score (nSPS) is 15.2. The average Bonchev–Trinajstić information content (AvgIpc) is 2.28. The van der Waals surface area contributed by atoms with E-state index in [1.54, 1.807) is 26.8 Å². The van der Waals surface area contributed by atoms with Crippen molar-refractivity contribution >= 4 is 0 Å². The molecule has 0 fully saturated rings. The van der Waals surface area contributed by atoms with Gasteiger partial charge in [-0.15, -0.1) is 0 Å². The van der Waals surface area contributed by atoms with E-state index < -0.39 is 17.2 Å². The highest BCUT2D eigenvalue weighted by atomic mass is 19.1. The molecule has 20 heavy (non-hydrogen) atoms. The van der Waals surface area contributed by atoms with Crippen LogP contribution < -0.4 is 4.74 Å². The summed E-state index contributed by atoms with van der Waals surface area (Å²) in [5, 5.41) is 9.49. The minimum atomic E-state index is -0.796. The lowest BCUT2D eigenvalue weighted by molar-refractivity contribution is 0.104. The van der Waals surface area contributed by atoms with Crippen LogP contribution >= 0.6 is 0 Å². The van der Waals surface area contributed by atoms with Crippen molar-refractivity contribution in [2.24, 2.45) is 0 Å². The first-order valence-electron chi connectivity index (χ1n) is 6.32. The number of rotatable bonds is 0. The van der Waals surface area contributed by atoms with Gasteiger partial charge in [-0.25, -0.2) is 8.78 Å². The zero-order chi connectivity index (χ0) is 14.7. The van der Waals surface area contributed by atoms with Crippen molar-refractivity contribution in [3.8, 4) is 22.6 Å². The van der Waals surface area contributed by atoms with E-state index in [1.165, 1.54) is 12.1 Å². The summed E-state index contributed by atoms with van der Waals surface area (Å²) in [6, 6.07) is 5.44. The Kier molecular flexibility index (Phi) is 2.55. The van der Waals surface area contributed by atoms with Crippen LogP contribution in [-0.2, 0) is 5.60 Å². The lowest BCUT2D eigenvalue weighted by Crippen LogP contribution is -2.30. The summed E-state index contributed by atoms with van der Waals surface area (Å²) in [6.45, 7) is 5.35. The zero-order valence-corrected chi connectivity index (χ0v) is 11.4. The van der Waals surface area contributed by atoms with Crippen LogP contribution in [0.3, 0.4) is 0 Å². The van der Waals surface area contributed by atoms with Crippen LogP contribution in [0.2, 0.25) is 0 Å². The third kappa shape index (κ3) is 1.75. The molecule has 3 rings (SSSR count). The highest BCUT2D eigenvalue weighted by Gasteiger charge is 2.36. The minimum absolute atomic E-state index is 0.0645. The smallest absolute Gasteiger partial charge is 0.138 e. The maximum atomic E-state index is 14.4. The fraction of sp³-hybridized carbons (Fsp3) is 0.250. The van der Waals surface area contributed by atoms with Crippen molar-refractivity contribution in [2.45, 2.75) is 26.4 Å². The first kappa shape index (κ1) is 12.9. The number of ether oxygens (including phenoxy) is 1. The van der Waals surface area contributed by atoms with Gasteiger partial charge in [0.25, 0.3) is 0 Å². The van der Waals surface area contributed by atoms with Crippen LogP contribution in [0.25, 0.3) is 11.1 Å². The van der Waals surface area contributed by atoms with Gasteiger partial charge in [0.1, 0.15) is 28.7 Å². The van der Waals surface area contributed by atoms with Crippen LogP contribution in [0, 0.1) is 18.6 Å². The SMILES string of the molecule is Cc1cc(F)c2c(c1)C(C)(C)Oc1cc(O)cc(F)c1-2. The summed E-state index contributed by atoms with van der Waals surface area (Å²) in [5.74, 6) is -1.27. The van der Waals surface area contributed by atoms with E-state index in [-0.39, 0.29) is 22.6 Å². The van der Waals surface area contributed by atoms with E-state index in [1.807, 2.05) is 0 Å². The van der Waals surface area contributed by atoms with Crippen LogP contribution in [0.15, 0.2) is 24.3 Å². The molecule has 4 heteroatoms. The number of halogens is 2. The quantitative estimate of drug-likeness (QED) is 0.778. The van der Waals surface area contributed by atoms with Gasteiger partial charge < -0.3 is 9.84 Å². The van der Waals surface area contributed by atoms with Crippen molar-refractivity contribution in [1.29, 1.82) is 0 Å². The number of hydrogen-bond acceptors (Lipinski definition) is 2. The molecular formula is C16H14F2O2. The standard InChI is InChI=1S/C16H14F2O2/c1-8-4-10-14(11(17)5-8)15-12(18)6-9(19)7-13(15)20-16(10,2)3/h4-7,19H,1-3H3. The summed E-state index contributed by atoms with van der Waals surface area (Å²) in [4.78, 5) is 0. The van der Waals surface area contributed by atoms with Gasteiger partial charge in [0.05, 0.1) is 5.56 Å². The predicted molar refractivity (Wildman–Crippen MR) is 71.8 cm³/mol.